The molecule has 0 atom stereocenters. The molecule has 0 aliphatic carbocycles. The van der Waals surface area contributed by atoms with Gasteiger partial charge < -0.3 is 0 Å². The molecule has 1 aromatic rings. The molecule has 0 spiro atoms. The van der Waals surface area contributed by atoms with Crippen LogP contribution in [0.25, 0.3) is 6.08 Å². The van der Waals surface area contributed by atoms with Crippen LogP contribution in [-0.4, -0.2) is 0 Å². The van der Waals surface area contributed by atoms with E-state index < -0.39 is 0 Å². The van der Waals surface area contributed by atoms with E-state index in [1.807, 2.05) is 30.3 Å². The van der Waals surface area contributed by atoms with Crippen LogP contribution in [0.4, 0.5) is 4.39 Å². The van der Waals surface area contributed by atoms with Crippen molar-refractivity contribution in [1.29, 1.82) is 0 Å². The van der Waals surface area contributed by atoms with Gasteiger partial charge in [0, 0.05) is 0 Å². The SMILES string of the molecule is CCC(F)=Cc1ccccc1. The largest absolute Gasteiger partial charge is 0.212 e. The third kappa shape index (κ3) is 2.54. The zero-order valence-corrected chi connectivity index (χ0v) is 6.55. The molecule has 0 nitrogen and oxygen atoms in total. The second-order valence-corrected chi connectivity index (χ2v) is 2.36. The fourth-order valence-corrected chi connectivity index (χ4v) is 0.832. The predicted molar refractivity (Wildman–Crippen MR) is 45.8 cm³/mol. The number of hydrogen-bond acceptors (Lipinski definition) is 0. The van der Waals surface area contributed by atoms with Crippen molar-refractivity contribution in [3.63, 3.8) is 0 Å². The van der Waals surface area contributed by atoms with Gasteiger partial charge in [0.2, 0.25) is 0 Å². The van der Waals surface area contributed by atoms with Gasteiger partial charge >= 0.3 is 0 Å². The zero-order valence-electron chi connectivity index (χ0n) is 6.55. The molecule has 0 unspecified atom stereocenters. The summed E-state index contributed by atoms with van der Waals surface area (Å²) in [6.45, 7) is 1.80. The molecule has 0 aromatic heterocycles. The van der Waals surface area contributed by atoms with Gasteiger partial charge in [-0.3, -0.25) is 0 Å². The summed E-state index contributed by atoms with van der Waals surface area (Å²) in [5.74, 6) is -0.0730. The highest BCUT2D eigenvalue weighted by Crippen LogP contribution is 2.09. The summed E-state index contributed by atoms with van der Waals surface area (Å²) in [5, 5.41) is 0. The molecule has 0 aliphatic heterocycles. The molecule has 11 heavy (non-hydrogen) atoms. The van der Waals surface area contributed by atoms with Crippen molar-refractivity contribution in [3.8, 4) is 0 Å². The Balaban J connectivity index is 2.79. The lowest BCUT2D eigenvalue weighted by Crippen LogP contribution is -1.72. The van der Waals surface area contributed by atoms with Crippen molar-refractivity contribution in [2.45, 2.75) is 13.3 Å². The van der Waals surface area contributed by atoms with E-state index in [9.17, 15) is 4.39 Å². The molecule has 0 fully saturated rings. The summed E-state index contributed by atoms with van der Waals surface area (Å²) in [6.07, 6.45) is 2.02. The average Bonchev–Trinajstić information content (AvgIpc) is 2.06. The molecule has 0 aliphatic rings. The minimum Gasteiger partial charge on any atom is -0.212 e. The first-order valence-corrected chi connectivity index (χ1v) is 3.74. The lowest BCUT2D eigenvalue weighted by Gasteiger charge is -1.92. The van der Waals surface area contributed by atoms with E-state index in [0.29, 0.717) is 6.42 Å². The van der Waals surface area contributed by atoms with E-state index in [1.54, 1.807) is 13.0 Å². The molecule has 0 N–H and O–H groups in total. The number of benzene rings is 1. The topological polar surface area (TPSA) is 0 Å². The molecule has 0 bridgehead atoms. The van der Waals surface area contributed by atoms with Crippen LogP contribution < -0.4 is 0 Å². The fourth-order valence-electron chi connectivity index (χ4n) is 0.832. The van der Waals surface area contributed by atoms with Crippen LogP contribution in [-0.2, 0) is 0 Å². The molecular formula is C10H11F. The highest BCUT2D eigenvalue weighted by molar-refractivity contribution is 5.50. The standard InChI is InChI=1S/C10H11F/c1-2-10(11)8-9-6-4-3-5-7-9/h3-8H,2H2,1H3. The molecule has 0 heterocycles. The summed E-state index contributed by atoms with van der Waals surface area (Å²) in [5.41, 5.74) is 0.923. The first-order valence-electron chi connectivity index (χ1n) is 3.74. The van der Waals surface area contributed by atoms with Crippen LogP contribution in [0.1, 0.15) is 18.9 Å². The van der Waals surface area contributed by atoms with E-state index in [2.05, 4.69) is 0 Å². The summed E-state index contributed by atoms with van der Waals surface area (Å²) in [6, 6.07) is 9.48. The van der Waals surface area contributed by atoms with E-state index in [4.69, 9.17) is 0 Å². The lowest BCUT2D eigenvalue weighted by molar-refractivity contribution is 0.612. The van der Waals surface area contributed by atoms with Gasteiger partial charge in [0.15, 0.2) is 0 Å². The van der Waals surface area contributed by atoms with Crippen LogP contribution in [0.2, 0.25) is 0 Å². The van der Waals surface area contributed by atoms with Crippen molar-refractivity contribution in [2.24, 2.45) is 0 Å². The van der Waals surface area contributed by atoms with Gasteiger partial charge in [0.25, 0.3) is 0 Å². The Morgan fingerprint density at radius 1 is 1.36 bits per heavy atom. The fraction of sp³-hybridized carbons (Fsp3) is 0.200. The second-order valence-electron chi connectivity index (χ2n) is 2.36. The van der Waals surface area contributed by atoms with Crippen molar-refractivity contribution in [1.82, 2.24) is 0 Å². The third-order valence-electron chi connectivity index (χ3n) is 1.46. The Labute approximate surface area is 66.4 Å². The number of rotatable bonds is 2. The van der Waals surface area contributed by atoms with Crippen molar-refractivity contribution >= 4 is 6.08 Å². The van der Waals surface area contributed by atoms with Crippen LogP contribution >= 0.6 is 0 Å². The van der Waals surface area contributed by atoms with Gasteiger partial charge in [0.05, 0.1) is 0 Å². The summed E-state index contributed by atoms with van der Waals surface area (Å²) >= 11 is 0. The van der Waals surface area contributed by atoms with Crippen LogP contribution in [0, 0.1) is 0 Å². The van der Waals surface area contributed by atoms with Crippen molar-refractivity contribution < 1.29 is 4.39 Å². The second kappa shape index (κ2) is 3.91. The monoisotopic (exact) mass is 150 g/mol. The van der Waals surface area contributed by atoms with Crippen LogP contribution in [0.5, 0.6) is 0 Å². The first kappa shape index (κ1) is 7.99. The van der Waals surface area contributed by atoms with E-state index >= 15 is 0 Å². The van der Waals surface area contributed by atoms with E-state index in [1.165, 1.54) is 0 Å². The predicted octanol–water partition coefficient (Wildman–Crippen LogP) is 3.41. The van der Waals surface area contributed by atoms with E-state index in [-0.39, 0.29) is 5.83 Å². The highest BCUT2D eigenvalue weighted by atomic mass is 19.1. The van der Waals surface area contributed by atoms with Gasteiger partial charge in [-0.05, 0) is 18.1 Å². The molecule has 58 valence electrons. The Kier molecular flexibility index (Phi) is 2.84. The van der Waals surface area contributed by atoms with Gasteiger partial charge in [-0.1, -0.05) is 37.3 Å². The maximum atomic E-state index is 12.7. The van der Waals surface area contributed by atoms with Crippen LogP contribution in [0.3, 0.4) is 0 Å². The number of hydrogen-bond donors (Lipinski definition) is 0. The van der Waals surface area contributed by atoms with Gasteiger partial charge in [-0.2, -0.15) is 0 Å². The zero-order chi connectivity index (χ0) is 8.10. The lowest BCUT2D eigenvalue weighted by atomic mass is 10.2. The maximum absolute atomic E-state index is 12.7. The minimum absolute atomic E-state index is 0.0730. The molecule has 0 radical (unpaired) electrons. The smallest absolute Gasteiger partial charge is 0.100 e. The van der Waals surface area contributed by atoms with Crippen molar-refractivity contribution in [2.75, 3.05) is 0 Å². The van der Waals surface area contributed by atoms with Crippen molar-refractivity contribution in [3.05, 3.63) is 41.7 Å². The normalized spacial score (nSPS) is 11.6. The molecule has 1 heteroatoms. The molecule has 0 saturated carbocycles. The van der Waals surface area contributed by atoms with E-state index in [0.717, 1.165) is 5.56 Å². The number of halogens is 1. The van der Waals surface area contributed by atoms with Crippen LogP contribution in [0.15, 0.2) is 36.2 Å². The number of allylic oxidation sites excluding steroid dienone is 1. The Hall–Kier alpha value is -1.11. The molecular weight excluding hydrogens is 139 g/mol. The molecule has 0 saturated heterocycles. The summed E-state index contributed by atoms with van der Waals surface area (Å²) in [7, 11) is 0. The summed E-state index contributed by atoms with van der Waals surface area (Å²) in [4.78, 5) is 0. The molecule has 1 rings (SSSR count). The van der Waals surface area contributed by atoms with Gasteiger partial charge in [-0.25, -0.2) is 4.39 Å². The Morgan fingerprint density at radius 2 is 2.00 bits per heavy atom. The maximum Gasteiger partial charge on any atom is 0.100 e. The average molecular weight is 150 g/mol. The Bertz CT molecular complexity index is 236. The molecule has 1 aromatic carbocycles. The summed E-state index contributed by atoms with van der Waals surface area (Å²) < 4.78 is 12.7. The minimum atomic E-state index is -0.0730. The Morgan fingerprint density at radius 3 is 2.55 bits per heavy atom. The third-order valence-corrected chi connectivity index (χ3v) is 1.46. The molecule has 0 amide bonds. The van der Waals surface area contributed by atoms with Gasteiger partial charge in [-0.15, -0.1) is 0 Å². The quantitative estimate of drug-likeness (QED) is 0.606. The first-order chi connectivity index (χ1) is 5.33. The highest BCUT2D eigenvalue weighted by Gasteiger charge is 1.89. The van der Waals surface area contributed by atoms with Gasteiger partial charge in [0.1, 0.15) is 5.83 Å².